The zero-order valence-corrected chi connectivity index (χ0v) is 16.8. The third-order valence-electron chi connectivity index (χ3n) is 5.56. The van der Waals surface area contributed by atoms with Crippen molar-refractivity contribution in [3.05, 3.63) is 64.7 Å². The quantitative estimate of drug-likeness (QED) is 0.456. The lowest BCUT2D eigenvalue weighted by Gasteiger charge is -2.27. The Balaban J connectivity index is 0.00000240. The topological polar surface area (TPSA) is 113 Å². The second-order valence-electron chi connectivity index (χ2n) is 7.49. The molecule has 1 aliphatic carbocycles. The highest BCUT2D eigenvalue weighted by atomic mass is 35.5. The summed E-state index contributed by atoms with van der Waals surface area (Å²) >= 11 is 0. The Bertz CT molecular complexity index is 976. The number of aryl methyl sites for hydroxylation is 1. The average molecular weight is 415 g/mol. The molecule has 0 aromatic heterocycles. The third kappa shape index (κ3) is 3.78. The Morgan fingerprint density at radius 3 is 2.55 bits per heavy atom. The molecule has 7 nitrogen and oxygen atoms in total. The Labute approximate surface area is 174 Å². The van der Waals surface area contributed by atoms with E-state index in [1.807, 2.05) is 18.2 Å². The fourth-order valence-corrected chi connectivity index (χ4v) is 3.93. The first-order chi connectivity index (χ1) is 13.4. The van der Waals surface area contributed by atoms with Gasteiger partial charge < -0.3 is 16.4 Å². The zero-order chi connectivity index (χ0) is 19.9. The Morgan fingerprint density at radius 1 is 1.17 bits per heavy atom. The van der Waals surface area contributed by atoms with Gasteiger partial charge in [0.1, 0.15) is 5.54 Å². The first-order valence-electron chi connectivity index (χ1n) is 9.30. The van der Waals surface area contributed by atoms with E-state index in [1.165, 1.54) is 5.56 Å². The summed E-state index contributed by atoms with van der Waals surface area (Å²) < 4.78 is 0. The molecule has 2 aromatic carbocycles. The number of hydrogen-bond donors (Lipinski definition) is 4. The molecule has 4 rings (SSSR count). The number of carbonyl (C=O) groups excluding carboxylic acids is 3. The molecule has 1 fully saturated rings. The Hall–Kier alpha value is -3.06. The minimum Gasteiger partial charge on any atom is -0.399 e. The fourth-order valence-electron chi connectivity index (χ4n) is 3.93. The molecule has 2 aromatic rings. The summed E-state index contributed by atoms with van der Waals surface area (Å²) in [5.74, 6) is -0.584. The maximum atomic E-state index is 12.7. The van der Waals surface area contributed by atoms with Crippen molar-refractivity contribution in [2.75, 3.05) is 5.73 Å². The number of rotatable bonds is 3. The molecular formula is C21H23ClN4O3. The lowest BCUT2D eigenvalue weighted by molar-refractivity contribution is -0.123. The van der Waals surface area contributed by atoms with Crippen LogP contribution in [0.3, 0.4) is 0 Å². The van der Waals surface area contributed by atoms with Crippen LogP contribution in [-0.4, -0.2) is 17.8 Å². The molecule has 1 aliphatic heterocycles. The van der Waals surface area contributed by atoms with Crippen LogP contribution in [0.2, 0.25) is 0 Å². The number of amides is 4. The summed E-state index contributed by atoms with van der Waals surface area (Å²) in [6.07, 6.45) is 2.84. The van der Waals surface area contributed by atoms with Crippen molar-refractivity contribution in [2.45, 2.75) is 37.8 Å². The smallest absolute Gasteiger partial charge is 0.322 e. The van der Waals surface area contributed by atoms with E-state index in [1.54, 1.807) is 31.2 Å². The van der Waals surface area contributed by atoms with Gasteiger partial charge in [-0.3, -0.25) is 14.9 Å². The largest absolute Gasteiger partial charge is 0.399 e. The van der Waals surface area contributed by atoms with Crippen molar-refractivity contribution < 1.29 is 14.4 Å². The van der Waals surface area contributed by atoms with Gasteiger partial charge in [-0.1, -0.05) is 18.2 Å². The number of anilines is 1. The summed E-state index contributed by atoms with van der Waals surface area (Å²) in [6, 6.07) is 12.0. The van der Waals surface area contributed by atoms with Crippen LogP contribution in [0.25, 0.3) is 0 Å². The van der Waals surface area contributed by atoms with E-state index in [0.717, 1.165) is 30.5 Å². The van der Waals surface area contributed by atoms with E-state index in [0.29, 0.717) is 11.1 Å². The van der Waals surface area contributed by atoms with Crippen molar-refractivity contribution in [3.63, 3.8) is 0 Å². The number of benzene rings is 2. The van der Waals surface area contributed by atoms with E-state index in [-0.39, 0.29) is 24.4 Å². The van der Waals surface area contributed by atoms with Gasteiger partial charge in [-0.25, -0.2) is 4.79 Å². The molecule has 2 aliphatic rings. The standard InChI is InChI=1S/C21H22N4O3.ClH/c1-21(19(27)24-20(28)25-21)14-7-5-12(6-8-14)18(26)23-17-4-2-3-13-11-15(22)9-10-16(13)17;/h5-11,17H,2-4,22H2,1H3,(H,23,26)(H2,24,25,27,28);1H. The predicted molar refractivity (Wildman–Crippen MR) is 112 cm³/mol. The second-order valence-corrected chi connectivity index (χ2v) is 7.49. The monoisotopic (exact) mass is 414 g/mol. The van der Waals surface area contributed by atoms with Gasteiger partial charge in [-0.15, -0.1) is 12.4 Å². The lowest BCUT2D eigenvalue weighted by Crippen LogP contribution is -2.40. The van der Waals surface area contributed by atoms with Crippen molar-refractivity contribution in [2.24, 2.45) is 0 Å². The van der Waals surface area contributed by atoms with Crippen LogP contribution in [0.1, 0.15) is 52.9 Å². The molecule has 2 unspecified atom stereocenters. The molecule has 0 spiro atoms. The number of nitrogens with one attached hydrogen (secondary N) is 3. The van der Waals surface area contributed by atoms with Crippen LogP contribution in [0.4, 0.5) is 10.5 Å². The van der Waals surface area contributed by atoms with Gasteiger partial charge in [0, 0.05) is 11.3 Å². The average Bonchev–Trinajstić information content (AvgIpc) is 2.94. The van der Waals surface area contributed by atoms with Gasteiger partial charge in [0.25, 0.3) is 11.8 Å². The molecule has 29 heavy (non-hydrogen) atoms. The number of imide groups is 1. The summed E-state index contributed by atoms with van der Waals surface area (Å²) in [5.41, 5.74) is 8.89. The molecule has 1 heterocycles. The number of nitrogen functional groups attached to an aromatic ring is 1. The van der Waals surface area contributed by atoms with E-state index >= 15 is 0 Å². The van der Waals surface area contributed by atoms with Gasteiger partial charge in [-0.2, -0.15) is 0 Å². The van der Waals surface area contributed by atoms with Gasteiger partial charge in [0.15, 0.2) is 0 Å². The second kappa shape index (κ2) is 7.75. The van der Waals surface area contributed by atoms with Gasteiger partial charge in [0.2, 0.25) is 0 Å². The number of halogens is 1. The van der Waals surface area contributed by atoms with E-state index in [2.05, 4.69) is 16.0 Å². The predicted octanol–water partition coefficient (Wildman–Crippen LogP) is 2.55. The molecule has 4 amide bonds. The third-order valence-corrected chi connectivity index (χ3v) is 5.56. The molecule has 8 heteroatoms. The molecule has 152 valence electrons. The first-order valence-corrected chi connectivity index (χ1v) is 9.30. The van der Waals surface area contributed by atoms with E-state index < -0.39 is 17.5 Å². The minimum absolute atomic E-state index is 0. The lowest BCUT2D eigenvalue weighted by atomic mass is 9.87. The van der Waals surface area contributed by atoms with Crippen LogP contribution in [0.5, 0.6) is 0 Å². The van der Waals surface area contributed by atoms with Crippen LogP contribution in [-0.2, 0) is 16.8 Å². The molecule has 0 radical (unpaired) electrons. The van der Waals surface area contributed by atoms with Crippen LogP contribution >= 0.6 is 12.4 Å². The Morgan fingerprint density at radius 2 is 1.90 bits per heavy atom. The minimum atomic E-state index is -1.13. The highest BCUT2D eigenvalue weighted by Gasteiger charge is 2.43. The first kappa shape index (κ1) is 20.7. The van der Waals surface area contributed by atoms with Crippen molar-refractivity contribution in [1.29, 1.82) is 0 Å². The summed E-state index contributed by atoms with van der Waals surface area (Å²) in [6.45, 7) is 1.63. The molecule has 1 saturated heterocycles. The summed E-state index contributed by atoms with van der Waals surface area (Å²) in [7, 11) is 0. The van der Waals surface area contributed by atoms with Gasteiger partial charge in [0.05, 0.1) is 6.04 Å². The molecule has 0 saturated carbocycles. The van der Waals surface area contributed by atoms with Crippen LogP contribution in [0.15, 0.2) is 42.5 Å². The normalized spacial score (nSPS) is 22.7. The molecular weight excluding hydrogens is 392 g/mol. The number of urea groups is 1. The molecule has 5 N–H and O–H groups in total. The number of carbonyl (C=O) groups is 3. The zero-order valence-electron chi connectivity index (χ0n) is 16.0. The van der Waals surface area contributed by atoms with Gasteiger partial charge >= 0.3 is 6.03 Å². The molecule has 0 bridgehead atoms. The number of fused-ring (bicyclic) bond motifs is 1. The van der Waals surface area contributed by atoms with E-state index in [4.69, 9.17) is 5.73 Å². The Kier molecular flexibility index (Phi) is 5.53. The van der Waals surface area contributed by atoms with Crippen molar-refractivity contribution in [1.82, 2.24) is 16.0 Å². The highest BCUT2D eigenvalue weighted by Crippen LogP contribution is 2.31. The summed E-state index contributed by atoms with van der Waals surface area (Å²) in [4.78, 5) is 36.2. The fraction of sp³-hybridized carbons (Fsp3) is 0.286. The van der Waals surface area contributed by atoms with Crippen molar-refractivity contribution >= 4 is 35.9 Å². The molecule has 2 atom stereocenters. The highest BCUT2D eigenvalue weighted by molar-refractivity contribution is 6.07. The van der Waals surface area contributed by atoms with Crippen LogP contribution < -0.4 is 21.7 Å². The van der Waals surface area contributed by atoms with Crippen LogP contribution in [0, 0.1) is 0 Å². The van der Waals surface area contributed by atoms with E-state index in [9.17, 15) is 14.4 Å². The number of nitrogens with two attached hydrogens (primary N) is 1. The van der Waals surface area contributed by atoms with Crippen molar-refractivity contribution in [3.8, 4) is 0 Å². The number of hydrogen-bond acceptors (Lipinski definition) is 4. The summed E-state index contributed by atoms with van der Waals surface area (Å²) in [5, 5.41) is 7.95. The maximum Gasteiger partial charge on any atom is 0.322 e. The SMILES string of the molecule is CC1(c2ccc(C(=O)NC3CCCc4cc(N)ccc43)cc2)NC(=O)NC1=O.Cl. The van der Waals surface area contributed by atoms with Gasteiger partial charge in [-0.05, 0) is 67.1 Å². The maximum absolute atomic E-state index is 12.7.